The zero-order chi connectivity index (χ0) is 16.1. The van der Waals surface area contributed by atoms with Crippen LogP contribution in [0.25, 0.3) is 11.3 Å². The molecule has 23 heavy (non-hydrogen) atoms. The van der Waals surface area contributed by atoms with Gasteiger partial charge in [0.1, 0.15) is 0 Å². The molecule has 1 aromatic heterocycles. The van der Waals surface area contributed by atoms with Gasteiger partial charge in [-0.05, 0) is 19.4 Å². The molecule has 0 saturated heterocycles. The zero-order valence-electron chi connectivity index (χ0n) is 13.3. The van der Waals surface area contributed by atoms with E-state index in [1.807, 2.05) is 25.1 Å². The molecule has 0 aliphatic carbocycles. The molecule has 0 bridgehead atoms. The van der Waals surface area contributed by atoms with Gasteiger partial charge >= 0.3 is 0 Å². The molecule has 3 nitrogen and oxygen atoms in total. The maximum Gasteiger partial charge on any atom is 0.203 e. The van der Waals surface area contributed by atoms with Crippen molar-refractivity contribution in [3.63, 3.8) is 0 Å². The van der Waals surface area contributed by atoms with E-state index in [1.165, 1.54) is 11.1 Å². The standard InChI is InChI=1S/C19H19N3S/c1-14-8-10-17(11-9-14)18-13-23-19(20-18)22-21-15(2)12-16-6-4-3-5-7-16/h3-11,13H,12H2,1-2H3,(H,20,22)/b21-15+. The molecule has 4 heteroatoms. The van der Waals surface area contributed by atoms with Crippen LogP contribution in [0.2, 0.25) is 0 Å². The van der Waals surface area contributed by atoms with Crippen molar-refractivity contribution >= 4 is 22.2 Å². The van der Waals surface area contributed by atoms with Gasteiger partial charge in [0.25, 0.3) is 0 Å². The Labute approximate surface area is 140 Å². The number of hydrazone groups is 1. The first-order valence-corrected chi connectivity index (χ1v) is 8.44. The number of aromatic nitrogens is 1. The van der Waals surface area contributed by atoms with Crippen LogP contribution >= 0.6 is 11.3 Å². The molecule has 0 unspecified atom stereocenters. The van der Waals surface area contributed by atoms with E-state index in [0.717, 1.165) is 28.5 Å². The molecule has 0 spiro atoms. The van der Waals surface area contributed by atoms with Gasteiger partial charge in [0.15, 0.2) is 0 Å². The minimum absolute atomic E-state index is 0.813. The van der Waals surface area contributed by atoms with Crippen molar-refractivity contribution in [2.45, 2.75) is 20.3 Å². The zero-order valence-corrected chi connectivity index (χ0v) is 14.1. The highest BCUT2D eigenvalue weighted by Gasteiger charge is 2.04. The van der Waals surface area contributed by atoms with E-state index in [-0.39, 0.29) is 0 Å². The minimum Gasteiger partial charge on any atom is -0.253 e. The fraction of sp³-hybridized carbons (Fsp3) is 0.158. The number of rotatable bonds is 5. The first-order valence-electron chi connectivity index (χ1n) is 7.56. The van der Waals surface area contributed by atoms with E-state index in [2.05, 4.69) is 64.2 Å². The molecule has 1 N–H and O–H groups in total. The smallest absolute Gasteiger partial charge is 0.203 e. The van der Waals surface area contributed by atoms with Gasteiger partial charge in [-0.25, -0.2) is 4.98 Å². The van der Waals surface area contributed by atoms with Crippen molar-refractivity contribution in [1.29, 1.82) is 0 Å². The molecule has 0 aliphatic rings. The molecule has 0 fully saturated rings. The lowest BCUT2D eigenvalue weighted by Crippen LogP contribution is -2.01. The van der Waals surface area contributed by atoms with Crippen molar-refractivity contribution in [3.8, 4) is 11.3 Å². The quantitative estimate of drug-likeness (QED) is 0.521. The molecule has 3 aromatic rings. The van der Waals surface area contributed by atoms with Crippen LogP contribution in [0.4, 0.5) is 5.13 Å². The van der Waals surface area contributed by atoms with Crippen LogP contribution in [0.5, 0.6) is 0 Å². The van der Waals surface area contributed by atoms with E-state index in [1.54, 1.807) is 11.3 Å². The van der Waals surface area contributed by atoms with Crippen LogP contribution in [0.15, 0.2) is 65.1 Å². The second-order valence-electron chi connectivity index (χ2n) is 5.53. The van der Waals surface area contributed by atoms with E-state index in [9.17, 15) is 0 Å². The summed E-state index contributed by atoms with van der Waals surface area (Å²) in [5.41, 5.74) is 8.71. The summed E-state index contributed by atoms with van der Waals surface area (Å²) in [5, 5.41) is 7.29. The number of nitrogens with zero attached hydrogens (tertiary/aromatic N) is 2. The molecule has 116 valence electrons. The number of thiazole rings is 1. The van der Waals surface area contributed by atoms with Gasteiger partial charge in [0.05, 0.1) is 5.69 Å². The monoisotopic (exact) mass is 321 g/mol. The Morgan fingerprint density at radius 1 is 1.09 bits per heavy atom. The van der Waals surface area contributed by atoms with Crippen LogP contribution in [0, 0.1) is 6.92 Å². The predicted octanol–water partition coefficient (Wildman–Crippen LogP) is 5.15. The Kier molecular flexibility index (Phi) is 4.83. The van der Waals surface area contributed by atoms with Crippen LogP contribution < -0.4 is 5.43 Å². The van der Waals surface area contributed by atoms with Gasteiger partial charge in [0, 0.05) is 23.1 Å². The summed E-state index contributed by atoms with van der Waals surface area (Å²) in [4.78, 5) is 4.59. The number of nitrogens with one attached hydrogen (secondary N) is 1. The van der Waals surface area contributed by atoms with Crippen LogP contribution in [-0.2, 0) is 6.42 Å². The maximum atomic E-state index is 4.59. The number of aryl methyl sites for hydroxylation is 1. The van der Waals surface area contributed by atoms with Crippen LogP contribution in [0.3, 0.4) is 0 Å². The second-order valence-corrected chi connectivity index (χ2v) is 6.38. The molecule has 0 saturated carbocycles. The van der Waals surface area contributed by atoms with Gasteiger partial charge in [0.2, 0.25) is 5.13 Å². The van der Waals surface area contributed by atoms with Crippen molar-refractivity contribution in [1.82, 2.24) is 4.98 Å². The number of hydrogen-bond acceptors (Lipinski definition) is 4. The number of hydrogen-bond donors (Lipinski definition) is 1. The Bertz CT molecular complexity index is 789. The molecule has 0 radical (unpaired) electrons. The first kappa shape index (κ1) is 15.4. The van der Waals surface area contributed by atoms with Crippen LogP contribution in [-0.4, -0.2) is 10.7 Å². The summed E-state index contributed by atoms with van der Waals surface area (Å²) in [5.74, 6) is 0. The van der Waals surface area contributed by atoms with Crippen LogP contribution in [0.1, 0.15) is 18.1 Å². The average Bonchev–Trinajstić information content (AvgIpc) is 3.04. The maximum absolute atomic E-state index is 4.59. The fourth-order valence-corrected chi connectivity index (χ4v) is 2.92. The largest absolute Gasteiger partial charge is 0.253 e. The Morgan fingerprint density at radius 3 is 2.57 bits per heavy atom. The molecule has 0 aliphatic heterocycles. The lowest BCUT2D eigenvalue weighted by atomic mass is 10.1. The van der Waals surface area contributed by atoms with Crippen molar-refractivity contribution < 1.29 is 0 Å². The molecule has 2 aromatic carbocycles. The van der Waals surface area contributed by atoms with E-state index < -0.39 is 0 Å². The predicted molar refractivity (Wildman–Crippen MR) is 99.2 cm³/mol. The topological polar surface area (TPSA) is 37.3 Å². The Morgan fingerprint density at radius 2 is 1.83 bits per heavy atom. The Balaban J connectivity index is 1.64. The Hall–Kier alpha value is -2.46. The summed E-state index contributed by atoms with van der Waals surface area (Å²) in [6.45, 7) is 4.11. The van der Waals surface area contributed by atoms with E-state index >= 15 is 0 Å². The lowest BCUT2D eigenvalue weighted by molar-refractivity contribution is 1.22. The van der Waals surface area contributed by atoms with Gasteiger partial charge < -0.3 is 0 Å². The summed E-state index contributed by atoms with van der Waals surface area (Å²) in [6, 6.07) is 18.7. The minimum atomic E-state index is 0.813. The SMILES string of the molecule is C/C(Cc1ccccc1)=N\Nc1nc(-c2ccc(C)cc2)cs1. The molecule has 1 heterocycles. The summed E-state index contributed by atoms with van der Waals surface area (Å²) in [7, 11) is 0. The van der Waals surface area contributed by atoms with Crippen molar-refractivity contribution in [2.24, 2.45) is 5.10 Å². The third-order valence-electron chi connectivity index (χ3n) is 3.50. The fourth-order valence-electron chi connectivity index (χ4n) is 2.26. The van der Waals surface area contributed by atoms with Crippen molar-refractivity contribution in [2.75, 3.05) is 5.43 Å². The summed E-state index contributed by atoms with van der Waals surface area (Å²) < 4.78 is 0. The molecule has 0 atom stereocenters. The van der Waals surface area contributed by atoms with E-state index in [4.69, 9.17) is 0 Å². The third-order valence-corrected chi connectivity index (χ3v) is 4.24. The van der Waals surface area contributed by atoms with Gasteiger partial charge in [-0.1, -0.05) is 60.2 Å². The summed E-state index contributed by atoms with van der Waals surface area (Å²) in [6.07, 6.45) is 0.837. The summed E-state index contributed by atoms with van der Waals surface area (Å²) >= 11 is 1.57. The first-order chi connectivity index (χ1) is 11.2. The highest BCUT2D eigenvalue weighted by Crippen LogP contribution is 2.25. The number of anilines is 1. The third kappa shape index (κ3) is 4.27. The molecular weight excluding hydrogens is 302 g/mol. The highest BCUT2D eigenvalue weighted by atomic mass is 32.1. The van der Waals surface area contributed by atoms with Crippen molar-refractivity contribution in [3.05, 3.63) is 71.1 Å². The normalized spacial score (nSPS) is 11.5. The second kappa shape index (κ2) is 7.20. The van der Waals surface area contributed by atoms with E-state index in [0.29, 0.717) is 0 Å². The average molecular weight is 321 g/mol. The lowest BCUT2D eigenvalue weighted by Gasteiger charge is -2.01. The van der Waals surface area contributed by atoms with Gasteiger partial charge in [-0.15, -0.1) is 11.3 Å². The molecule has 3 rings (SSSR count). The number of benzene rings is 2. The van der Waals surface area contributed by atoms with Gasteiger partial charge in [-0.3, -0.25) is 5.43 Å². The molecular formula is C19H19N3S. The van der Waals surface area contributed by atoms with Gasteiger partial charge in [-0.2, -0.15) is 5.10 Å². The highest BCUT2D eigenvalue weighted by molar-refractivity contribution is 7.14. The molecule has 0 amide bonds.